The molecule has 0 bridgehead atoms. The van der Waals surface area contributed by atoms with Crippen LogP contribution in [0, 0.1) is 10.1 Å². The number of nitrogens with one attached hydrogen (secondary N) is 1. The molecule has 154 valence electrons. The normalized spacial score (nSPS) is 11.5. The Balaban J connectivity index is 1.72. The number of rotatable bonds is 7. The Kier molecular flexibility index (Phi) is 6.26. The van der Waals surface area contributed by atoms with Gasteiger partial charge in [0.15, 0.2) is 12.4 Å². The number of esters is 1. The van der Waals surface area contributed by atoms with Gasteiger partial charge < -0.3 is 14.8 Å². The first-order valence-corrected chi connectivity index (χ1v) is 9.17. The maximum atomic E-state index is 12.4. The van der Waals surface area contributed by atoms with E-state index in [4.69, 9.17) is 4.74 Å². The molecule has 0 aliphatic heterocycles. The molecule has 0 aliphatic rings. The number of fused-ring (bicyclic) bond motifs is 1. The fourth-order valence-electron chi connectivity index (χ4n) is 3.16. The van der Waals surface area contributed by atoms with Crippen molar-refractivity contribution in [3.05, 3.63) is 81.9 Å². The van der Waals surface area contributed by atoms with Crippen molar-refractivity contribution in [2.75, 3.05) is 13.7 Å². The van der Waals surface area contributed by atoms with Crippen molar-refractivity contribution in [3.8, 4) is 5.75 Å². The maximum absolute atomic E-state index is 12.4. The average Bonchev–Trinajstić information content (AvgIpc) is 2.76. The fourth-order valence-corrected chi connectivity index (χ4v) is 3.16. The van der Waals surface area contributed by atoms with Crippen LogP contribution in [-0.2, 0) is 9.53 Å². The van der Waals surface area contributed by atoms with Gasteiger partial charge in [-0.1, -0.05) is 42.5 Å². The van der Waals surface area contributed by atoms with E-state index in [-0.39, 0.29) is 23.0 Å². The van der Waals surface area contributed by atoms with Crippen molar-refractivity contribution in [1.29, 1.82) is 0 Å². The molecule has 1 N–H and O–H groups in total. The topological polar surface area (TPSA) is 108 Å². The first-order chi connectivity index (χ1) is 14.4. The molecule has 30 heavy (non-hydrogen) atoms. The SMILES string of the molecule is COC(=O)c1ccc([N+](=O)[O-])c(OCC(=O)NC(C)c2cccc3ccccc23)c1. The van der Waals surface area contributed by atoms with Gasteiger partial charge in [0.05, 0.1) is 23.6 Å². The molecule has 0 aromatic heterocycles. The number of nitro groups is 1. The van der Waals surface area contributed by atoms with Gasteiger partial charge in [0.2, 0.25) is 0 Å². The lowest BCUT2D eigenvalue weighted by atomic mass is 10.00. The summed E-state index contributed by atoms with van der Waals surface area (Å²) < 4.78 is 9.97. The van der Waals surface area contributed by atoms with Crippen molar-refractivity contribution in [3.63, 3.8) is 0 Å². The standard InChI is InChI=1S/C22H20N2O6/c1-14(17-9-5-7-15-6-3-4-8-18(15)17)23-21(25)13-30-20-12-16(22(26)29-2)10-11-19(20)24(27)28/h3-12,14H,13H2,1-2H3,(H,23,25). The Labute approximate surface area is 172 Å². The zero-order chi connectivity index (χ0) is 21.7. The molecule has 3 rings (SSSR count). The monoisotopic (exact) mass is 408 g/mol. The lowest BCUT2D eigenvalue weighted by molar-refractivity contribution is -0.385. The number of nitrogens with zero attached hydrogens (tertiary/aromatic N) is 1. The molecular weight excluding hydrogens is 388 g/mol. The molecule has 3 aromatic rings. The highest BCUT2D eigenvalue weighted by Gasteiger charge is 2.20. The van der Waals surface area contributed by atoms with Gasteiger partial charge in [0, 0.05) is 12.1 Å². The number of hydrogen-bond acceptors (Lipinski definition) is 6. The third-order valence-corrected chi connectivity index (χ3v) is 4.60. The lowest BCUT2D eigenvalue weighted by Gasteiger charge is -2.17. The van der Waals surface area contributed by atoms with Gasteiger partial charge in [-0.2, -0.15) is 0 Å². The van der Waals surface area contributed by atoms with Gasteiger partial charge in [0.1, 0.15) is 0 Å². The minimum atomic E-state index is -0.663. The van der Waals surface area contributed by atoms with E-state index >= 15 is 0 Å². The molecule has 0 fully saturated rings. The van der Waals surface area contributed by atoms with E-state index in [0.717, 1.165) is 22.4 Å². The molecular formula is C22H20N2O6. The van der Waals surface area contributed by atoms with Crippen molar-refractivity contribution < 1.29 is 24.0 Å². The second-order valence-corrected chi connectivity index (χ2v) is 6.58. The molecule has 0 saturated carbocycles. The fraction of sp³-hybridized carbons (Fsp3) is 0.182. The molecule has 0 heterocycles. The van der Waals surface area contributed by atoms with Crippen LogP contribution in [0.3, 0.4) is 0 Å². The zero-order valence-electron chi connectivity index (χ0n) is 16.5. The quantitative estimate of drug-likeness (QED) is 0.362. The summed E-state index contributed by atoms with van der Waals surface area (Å²) in [4.78, 5) is 34.6. The number of benzene rings is 3. The first-order valence-electron chi connectivity index (χ1n) is 9.17. The van der Waals surface area contributed by atoms with Crippen LogP contribution in [0.4, 0.5) is 5.69 Å². The summed E-state index contributed by atoms with van der Waals surface area (Å²) in [7, 11) is 1.20. The Morgan fingerprint density at radius 3 is 2.57 bits per heavy atom. The van der Waals surface area contributed by atoms with Crippen LogP contribution >= 0.6 is 0 Å². The predicted molar refractivity (Wildman–Crippen MR) is 110 cm³/mol. The highest BCUT2D eigenvalue weighted by molar-refractivity contribution is 5.90. The van der Waals surface area contributed by atoms with Crippen LogP contribution in [-0.4, -0.2) is 30.5 Å². The number of methoxy groups -OCH3 is 1. The van der Waals surface area contributed by atoms with Crippen molar-refractivity contribution in [1.82, 2.24) is 5.32 Å². The summed E-state index contributed by atoms with van der Waals surface area (Å²) in [5.74, 6) is -1.30. The highest BCUT2D eigenvalue weighted by Crippen LogP contribution is 2.28. The predicted octanol–water partition coefficient (Wildman–Crippen LogP) is 3.79. The summed E-state index contributed by atoms with van der Waals surface area (Å²) in [5.41, 5.74) is 0.681. The summed E-state index contributed by atoms with van der Waals surface area (Å²) >= 11 is 0. The first kappa shape index (κ1) is 20.8. The van der Waals surface area contributed by atoms with Crippen molar-refractivity contribution in [2.45, 2.75) is 13.0 Å². The summed E-state index contributed by atoms with van der Waals surface area (Å²) in [6.07, 6.45) is 0. The van der Waals surface area contributed by atoms with E-state index in [9.17, 15) is 19.7 Å². The Morgan fingerprint density at radius 2 is 1.83 bits per heavy atom. The van der Waals surface area contributed by atoms with Crippen LogP contribution in [0.15, 0.2) is 60.7 Å². The van der Waals surface area contributed by atoms with E-state index in [0.29, 0.717) is 0 Å². The van der Waals surface area contributed by atoms with Crippen LogP contribution in [0.2, 0.25) is 0 Å². The Morgan fingerprint density at radius 1 is 1.10 bits per heavy atom. The van der Waals surface area contributed by atoms with Crippen LogP contribution in [0.25, 0.3) is 10.8 Å². The summed E-state index contributed by atoms with van der Waals surface area (Å²) in [6.45, 7) is 1.40. The number of nitro benzene ring substituents is 1. The smallest absolute Gasteiger partial charge is 0.337 e. The second kappa shape index (κ2) is 9.04. The van der Waals surface area contributed by atoms with Gasteiger partial charge in [0.25, 0.3) is 5.91 Å². The molecule has 0 radical (unpaired) electrons. The largest absolute Gasteiger partial charge is 0.477 e. The minimum Gasteiger partial charge on any atom is -0.477 e. The van der Waals surface area contributed by atoms with Crippen molar-refractivity contribution in [2.24, 2.45) is 0 Å². The van der Waals surface area contributed by atoms with E-state index in [1.54, 1.807) is 0 Å². The van der Waals surface area contributed by atoms with Crippen LogP contribution < -0.4 is 10.1 Å². The van der Waals surface area contributed by atoms with Gasteiger partial charge in [-0.3, -0.25) is 14.9 Å². The van der Waals surface area contributed by atoms with E-state index < -0.39 is 23.4 Å². The molecule has 1 atom stereocenters. The second-order valence-electron chi connectivity index (χ2n) is 6.58. The third kappa shape index (κ3) is 4.54. The minimum absolute atomic E-state index is 0.0858. The third-order valence-electron chi connectivity index (χ3n) is 4.60. The molecule has 0 aliphatic carbocycles. The lowest BCUT2D eigenvalue weighted by Crippen LogP contribution is -2.31. The zero-order valence-corrected chi connectivity index (χ0v) is 16.5. The summed E-state index contributed by atoms with van der Waals surface area (Å²) in [6, 6.07) is 17.0. The van der Waals surface area contributed by atoms with Gasteiger partial charge in [-0.25, -0.2) is 4.79 Å². The number of carbonyl (C=O) groups is 2. The molecule has 3 aromatic carbocycles. The van der Waals surface area contributed by atoms with E-state index in [1.807, 2.05) is 49.4 Å². The van der Waals surface area contributed by atoms with Crippen LogP contribution in [0.1, 0.15) is 28.9 Å². The Hall–Kier alpha value is -3.94. The molecule has 8 nitrogen and oxygen atoms in total. The average molecular weight is 408 g/mol. The number of carbonyl (C=O) groups excluding carboxylic acids is 2. The van der Waals surface area contributed by atoms with E-state index in [2.05, 4.69) is 10.1 Å². The molecule has 1 amide bonds. The molecule has 1 unspecified atom stereocenters. The van der Waals surface area contributed by atoms with Crippen molar-refractivity contribution >= 4 is 28.3 Å². The molecule has 0 spiro atoms. The van der Waals surface area contributed by atoms with Gasteiger partial charge in [-0.05, 0) is 29.3 Å². The van der Waals surface area contributed by atoms with Gasteiger partial charge in [-0.15, -0.1) is 0 Å². The van der Waals surface area contributed by atoms with Crippen LogP contribution in [0.5, 0.6) is 5.75 Å². The number of ether oxygens (including phenoxy) is 2. The van der Waals surface area contributed by atoms with Gasteiger partial charge >= 0.3 is 11.7 Å². The highest BCUT2D eigenvalue weighted by atomic mass is 16.6. The Bertz CT molecular complexity index is 1110. The molecule has 8 heteroatoms. The maximum Gasteiger partial charge on any atom is 0.337 e. The summed E-state index contributed by atoms with van der Waals surface area (Å²) in [5, 5.41) is 16.1. The number of hydrogen-bond donors (Lipinski definition) is 1. The molecule has 0 saturated heterocycles. The number of amides is 1. The van der Waals surface area contributed by atoms with E-state index in [1.165, 1.54) is 19.2 Å².